The minimum absolute atomic E-state index is 0.313. The predicted molar refractivity (Wildman–Crippen MR) is 68.4 cm³/mol. The van der Waals surface area contributed by atoms with E-state index in [9.17, 15) is 5.11 Å². The fourth-order valence-corrected chi connectivity index (χ4v) is 2.60. The maximum atomic E-state index is 10.1. The van der Waals surface area contributed by atoms with Crippen LogP contribution in [0, 0.1) is 0 Å². The van der Waals surface area contributed by atoms with E-state index in [1.807, 2.05) is 6.07 Å². The van der Waals surface area contributed by atoms with Gasteiger partial charge in [0.05, 0.1) is 13.2 Å². The zero-order valence-electron chi connectivity index (χ0n) is 10.4. The second-order valence-corrected chi connectivity index (χ2v) is 4.98. The summed E-state index contributed by atoms with van der Waals surface area (Å²) in [6.07, 6.45) is 4.13. The van der Waals surface area contributed by atoms with Crippen LogP contribution in [0.25, 0.3) is 0 Å². The van der Waals surface area contributed by atoms with E-state index < -0.39 is 0 Å². The molecular formula is C14H19NO3. The summed E-state index contributed by atoms with van der Waals surface area (Å²) >= 11 is 0. The van der Waals surface area contributed by atoms with E-state index in [0.717, 1.165) is 30.7 Å². The van der Waals surface area contributed by atoms with Crippen molar-refractivity contribution in [3.8, 4) is 17.2 Å². The molecule has 0 aliphatic carbocycles. The van der Waals surface area contributed by atoms with Crippen molar-refractivity contribution in [3.63, 3.8) is 0 Å². The molecule has 1 aromatic rings. The third kappa shape index (κ3) is 2.38. The fourth-order valence-electron chi connectivity index (χ4n) is 2.60. The van der Waals surface area contributed by atoms with Crippen molar-refractivity contribution < 1.29 is 14.6 Å². The molecule has 0 spiro atoms. The van der Waals surface area contributed by atoms with Crippen LogP contribution in [-0.4, -0.2) is 30.9 Å². The minimum atomic E-state index is 0.313. The first kappa shape index (κ1) is 11.7. The average Bonchev–Trinajstić information content (AvgIpc) is 2.76. The lowest BCUT2D eigenvalue weighted by Crippen LogP contribution is -2.23. The van der Waals surface area contributed by atoms with Crippen LogP contribution in [0.4, 0.5) is 0 Å². The molecule has 18 heavy (non-hydrogen) atoms. The standard InChI is InChI=1S/C14H19NO3/c16-12-9-14-13(17-5-2-6-18-14)8-10(12)7-11-3-1-4-15-11/h8-9,11,15-16H,1-7H2. The zero-order valence-corrected chi connectivity index (χ0v) is 10.4. The third-order valence-corrected chi connectivity index (χ3v) is 3.58. The minimum Gasteiger partial charge on any atom is -0.508 e. The van der Waals surface area contributed by atoms with Crippen molar-refractivity contribution in [1.29, 1.82) is 0 Å². The molecule has 0 amide bonds. The maximum absolute atomic E-state index is 10.1. The molecule has 4 nitrogen and oxygen atoms in total. The van der Waals surface area contributed by atoms with Crippen LogP contribution in [-0.2, 0) is 6.42 Å². The molecule has 98 valence electrons. The molecule has 1 aromatic carbocycles. The molecule has 1 atom stereocenters. The van der Waals surface area contributed by atoms with Gasteiger partial charge in [0.2, 0.25) is 0 Å². The number of benzene rings is 1. The zero-order chi connectivity index (χ0) is 12.4. The number of aromatic hydroxyl groups is 1. The largest absolute Gasteiger partial charge is 0.508 e. The van der Waals surface area contributed by atoms with Crippen LogP contribution in [0.1, 0.15) is 24.8 Å². The van der Waals surface area contributed by atoms with Gasteiger partial charge in [-0.05, 0) is 37.4 Å². The highest BCUT2D eigenvalue weighted by molar-refractivity contribution is 5.50. The monoisotopic (exact) mass is 249 g/mol. The smallest absolute Gasteiger partial charge is 0.164 e. The lowest BCUT2D eigenvalue weighted by atomic mass is 10.0. The average molecular weight is 249 g/mol. The Morgan fingerprint density at radius 2 is 1.94 bits per heavy atom. The molecule has 0 aromatic heterocycles. The Morgan fingerprint density at radius 1 is 1.17 bits per heavy atom. The number of fused-ring (bicyclic) bond motifs is 1. The quantitative estimate of drug-likeness (QED) is 0.840. The van der Waals surface area contributed by atoms with E-state index in [0.29, 0.717) is 30.8 Å². The Kier molecular flexibility index (Phi) is 3.28. The molecule has 0 saturated carbocycles. The number of hydrogen-bond donors (Lipinski definition) is 2. The van der Waals surface area contributed by atoms with Crippen molar-refractivity contribution in [1.82, 2.24) is 5.32 Å². The second kappa shape index (κ2) is 5.06. The van der Waals surface area contributed by atoms with Crippen molar-refractivity contribution in [2.45, 2.75) is 31.7 Å². The topological polar surface area (TPSA) is 50.7 Å². The number of rotatable bonds is 2. The summed E-state index contributed by atoms with van der Waals surface area (Å²) in [5.74, 6) is 1.74. The lowest BCUT2D eigenvalue weighted by Gasteiger charge is -2.14. The Bertz CT molecular complexity index is 427. The van der Waals surface area contributed by atoms with Gasteiger partial charge in [-0.3, -0.25) is 0 Å². The van der Waals surface area contributed by atoms with Crippen molar-refractivity contribution in [2.24, 2.45) is 0 Å². The van der Waals surface area contributed by atoms with Crippen LogP contribution >= 0.6 is 0 Å². The second-order valence-electron chi connectivity index (χ2n) is 4.98. The Morgan fingerprint density at radius 3 is 2.67 bits per heavy atom. The Hall–Kier alpha value is -1.42. The molecule has 0 bridgehead atoms. The van der Waals surface area contributed by atoms with E-state index in [1.165, 1.54) is 12.8 Å². The van der Waals surface area contributed by atoms with Gasteiger partial charge in [-0.15, -0.1) is 0 Å². The maximum Gasteiger partial charge on any atom is 0.164 e. The highest BCUT2D eigenvalue weighted by Crippen LogP contribution is 2.36. The van der Waals surface area contributed by atoms with E-state index in [4.69, 9.17) is 9.47 Å². The lowest BCUT2D eigenvalue weighted by molar-refractivity contribution is 0.296. The van der Waals surface area contributed by atoms with Crippen molar-refractivity contribution in [3.05, 3.63) is 17.7 Å². The van der Waals surface area contributed by atoms with Gasteiger partial charge in [0.15, 0.2) is 11.5 Å². The summed E-state index contributed by atoms with van der Waals surface area (Å²) in [4.78, 5) is 0. The molecule has 1 unspecified atom stereocenters. The molecule has 1 fully saturated rings. The van der Waals surface area contributed by atoms with Crippen molar-refractivity contribution >= 4 is 0 Å². The molecule has 1 saturated heterocycles. The molecule has 2 aliphatic rings. The summed E-state index contributed by atoms with van der Waals surface area (Å²) < 4.78 is 11.2. The van der Waals surface area contributed by atoms with Gasteiger partial charge in [0.1, 0.15) is 5.75 Å². The molecule has 3 rings (SSSR count). The third-order valence-electron chi connectivity index (χ3n) is 3.58. The van der Waals surface area contributed by atoms with Gasteiger partial charge in [-0.2, -0.15) is 0 Å². The number of ether oxygens (including phenoxy) is 2. The molecular weight excluding hydrogens is 230 g/mol. The number of nitrogens with one attached hydrogen (secondary N) is 1. The van der Waals surface area contributed by atoms with Gasteiger partial charge in [0, 0.05) is 18.5 Å². The van der Waals surface area contributed by atoms with Gasteiger partial charge < -0.3 is 19.9 Å². The fraction of sp³-hybridized carbons (Fsp3) is 0.571. The first-order valence-corrected chi connectivity index (χ1v) is 6.68. The molecule has 2 N–H and O–H groups in total. The summed E-state index contributed by atoms with van der Waals surface area (Å²) in [5, 5.41) is 13.5. The molecule has 2 heterocycles. The molecule has 4 heteroatoms. The summed E-state index contributed by atoms with van der Waals surface area (Å²) in [7, 11) is 0. The predicted octanol–water partition coefficient (Wildman–Crippen LogP) is 1.85. The number of phenolic OH excluding ortho intramolecular Hbond substituents is 1. The Labute approximate surface area is 107 Å². The summed E-state index contributed by atoms with van der Waals surface area (Å²) in [6, 6.07) is 4.08. The van der Waals surface area contributed by atoms with Crippen LogP contribution in [0.3, 0.4) is 0 Å². The van der Waals surface area contributed by atoms with E-state index in [-0.39, 0.29) is 0 Å². The first-order valence-electron chi connectivity index (χ1n) is 6.68. The van der Waals surface area contributed by atoms with Gasteiger partial charge in [-0.25, -0.2) is 0 Å². The van der Waals surface area contributed by atoms with Gasteiger partial charge in [-0.1, -0.05) is 0 Å². The molecule has 0 radical (unpaired) electrons. The first-order chi connectivity index (χ1) is 8.83. The Balaban J connectivity index is 1.83. The van der Waals surface area contributed by atoms with Gasteiger partial charge in [0.25, 0.3) is 0 Å². The van der Waals surface area contributed by atoms with E-state index >= 15 is 0 Å². The SMILES string of the molecule is Oc1cc2c(cc1CC1CCCN1)OCCCO2. The molecule has 2 aliphatic heterocycles. The highest BCUT2D eigenvalue weighted by atomic mass is 16.5. The number of phenols is 1. The van der Waals surface area contributed by atoms with Crippen LogP contribution in [0.5, 0.6) is 17.2 Å². The van der Waals surface area contributed by atoms with E-state index in [1.54, 1.807) is 6.07 Å². The highest BCUT2D eigenvalue weighted by Gasteiger charge is 2.19. The number of hydrogen-bond acceptors (Lipinski definition) is 4. The van der Waals surface area contributed by atoms with E-state index in [2.05, 4.69) is 5.32 Å². The summed E-state index contributed by atoms with van der Waals surface area (Å²) in [5.41, 5.74) is 0.943. The normalized spacial score (nSPS) is 22.8. The van der Waals surface area contributed by atoms with Gasteiger partial charge >= 0.3 is 0 Å². The van der Waals surface area contributed by atoms with Crippen LogP contribution in [0.15, 0.2) is 12.1 Å². The van der Waals surface area contributed by atoms with Crippen molar-refractivity contribution in [2.75, 3.05) is 19.8 Å². The van der Waals surface area contributed by atoms with Crippen LogP contribution in [0.2, 0.25) is 0 Å². The summed E-state index contributed by atoms with van der Waals surface area (Å²) in [6.45, 7) is 2.41. The van der Waals surface area contributed by atoms with Crippen LogP contribution < -0.4 is 14.8 Å².